The summed E-state index contributed by atoms with van der Waals surface area (Å²) in [6.07, 6.45) is 0. The molecular formula is C14H17BrN2O. The Bertz CT molecular complexity index is 425. The summed E-state index contributed by atoms with van der Waals surface area (Å²) in [5.74, 6) is 1.47. The van der Waals surface area contributed by atoms with Gasteiger partial charge in [-0.3, -0.25) is 9.69 Å². The molecule has 2 aliphatic rings. The van der Waals surface area contributed by atoms with E-state index < -0.39 is 0 Å². The molecule has 3 nitrogen and oxygen atoms in total. The summed E-state index contributed by atoms with van der Waals surface area (Å²) in [6, 6.07) is 11.0. The molecule has 1 heterocycles. The monoisotopic (exact) mass is 308 g/mol. The molecule has 96 valence electrons. The minimum absolute atomic E-state index is 0.115. The van der Waals surface area contributed by atoms with E-state index in [0.717, 1.165) is 19.6 Å². The fourth-order valence-corrected chi connectivity index (χ4v) is 3.18. The molecule has 1 saturated carbocycles. The van der Waals surface area contributed by atoms with Gasteiger partial charge in [-0.1, -0.05) is 46.3 Å². The van der Waals surface area contributed by atoms with Crippen LogP contribution in [0.4, 0.5) is 0 Å². The van der Waals surface area contributed by atoms with Crippen molar-refractivity contribution in [3.63, 3.8) is 0 Å². The number of likely N-dealkylation sites (tertiary alicyclic amines) is 1. The summed E-state index contributed by atoms with van der Waals surface area (Å²) in [6.45, 7) is 3.27. The number of hydrogen-bond acceptors (Lipinski definition) is 2. The van der Waals surface area contributed by atoms with Gasteiger partial charge in [-0.15, -0.1) is 0 Å². The number of nitrogens with zero attached hydrogens (tertiary/aromatic N) is 1. The first-order chi connectivity index (χ1) is 8.78. The zero-order valence-corrected chi connectivity index (χ0v) is 11.8. The third-order valence-corrected chi connectivity index (χ3v) is 4.48. The van der Waals surface area contributed by atoms with Crippen LogP contribution in [0.5, 0.6) is 0 Å². The minimum Gasteiger partial charge on any atom is -0.352 e. The smallest absolute Gasteiger partial charge is 0.230 e. The van der Waals surface area contributed by atoms with Gasteiger partial charge in [0.1, 0.15) is 0 Å². The SMILES string of the molecule is O=C(CBr)NC1C2CN(Cc3ccccc3)CC21. The molecule has 1 amide bonds. The largest absolute Gasteiger partial charge is 0.352 e. The van der Waals surface area contributed by atoms with Crippen molar-refractivity contribution in [3.05, 3.63) is 35.9 Å². The van der Waals surface area contributed by atoms with Crippen LogP contribution in [0, 0.1) is 11.8 Å². The van der Waals surface area contributed by atoms with Gasteiger partial charge >= 0.3 is 0 Å². The van der Waals surface area contributed by atoms with Gasteiger partial charge < -0.3 is 5.32 Å². The molecule has 0 spiro atoms. The standard InChI is InChI=1S/C14H17BrN2O/c15-6-13(18)16-14-11-8-17(9-12(11)14)7-10-4-2-1-3-5-10/h1-5,11-12,14H,6-9H2,(H,16,18). The number of halogens is 1. The van der Waals surface area contributed by atoms with E-state index >= 15 is 0 Å². The maximum Gasteiger partial charge on any atom is 0.230 e. The van der Waals surface area contributed by atoms with E-state index in [9.17, 15) is 4.79 Å². The summed E-state index contributed by atoms with van der Waals surface area (Å²) >= 11 is 3.18. The molecule has 2 atom stereocenters. The second-order valence-corrected chi connectivity index (χ2v) is 5.80. The second kappa shape index (κ2) is 5.02. The highest BCUT2D eigenvalue weighted by atomic mass is 79.9. The van der Waals surface area contributed by atoms with Gasteiger partial charge in [0.05, 0.1) is 5.33 Å². The van der Waals surface area contributed by atoms with Crippen molar-refractivity contribution in [1.29, 1.82) is 0 Å². The molecule has 0 aromatic heterocycles. The summed E-state index contributed by atoms with van der Waals surface area (Å²) in [4.78, 5) is 13.8. The lowest BCUT2D eigenvalue weighted by atomic mass is 10.2. The molecule has 1 aromatic rings. The number of amides is 1. The van der Waals surface area contributed by atoms with E-state index in [4.69, 9.17) is 0 Å². The van der Waals surface area contributed by atoms with Crippen molar-refractivity contribution < 1.29 is 4.79 Å². The van der Waals surface area contributed by atoms with Crippen LogP contribution in [0.2, 0.25) is 0 Å². The Labute approximate surface area is 116 Å². The molecule has 1 aliphatic carbocycles. The lowest BCUT2D eigenvalue weighted by molar-refractivity contribution is -0.118. The first-order valence-electron chi connectivity index (χ1n) is 6.39. The minimum atomic E-state index is 0.115. The van der Waals surface area contributed by atoms with Crippen LogP contribution in [-0.2, 0) is 11.3 Å². The molecule has 2 unspecified atom stereocenters. The fourth-order valence-electron chi connectivity index (χ4n) is 3.02. The number of carbonyl (C=O) groups is 1. The first-order valence-corrected chi connectivity index (χ1v) is 7.51. The summed E-state index contributed by atoms with van der Waals surface area (Å²) < 4.78 is 0. The first kappa shape index (κ1) is 12.2. The van der Waals surface area contributed by atoms with Crippen LogP contribution in [-0.4, -0.2) is 35.3 Å². The van der Waals surface area contributed by atoms with E-state index in [2.05, 4.69) is 56.5 Å². The van der Waals surface area contributed by atoms with Gasteiger partial charge in [0, 0.05) is 25.7 Å². The number of piperidine rings is 1. The quantitative estimate of drug-likeness (QED) is 0.858. The Morgan fingerprint density at radius 1 is 1.28 bits per heavy atom. The predicted octanol–water partition coefficient (Wildman–Crippen LogP) is 1.63. The summed E-state index contributed by atoms with van der Waals surface area (Å²) in [5, 5.41) is 3.49. The zero-order valence-electron chi connectivity index (χ0n) is 10.2. The van der Waals surface area contributed by atoms with E-state index in [-0.39, 0.29) is 5.91 Å². The number of rotatable bonds is 4. The lowest BCUT2D eigenvalue weighted by Gasteiger charge is -2.19. The second-order valence-electron chi connectivity index (χ2n) is 5.23. The zero-order chi connectivity index (χ0) is 12.5. The Balaban J connectivity index is 1.48. The number of carbonyl (C=O) groups excluding carboxylic acids is 1. The highest BCUT2D eigenvalue weighted by molar-refractivity contribution is 9.09. The van der Waals surface area contributed by atoms with Gasteiger partial charge in [0.25, 0.3) is 0 Å². The molecule has 1 aromatic carbocycles. The van der Waals surface area contributed by atoms with Crippen LogP contribution in [0.3, 0.4) is 0 Å². The number of alkyl halides is 1. The Hall–Kier alpha value is -0.870. The number of hydrogen-bond donors (Lipinski definition) is 1. The predicted molar refractivity (Wildman–Crippen MR) is 74.4 cm³/mol. The highest BCUT2D eigenvalue weighted by Gasteiger charge is 2.56. The summed E-state index contributed by atoms with van der Waals surface area (Å²) in [5.41, 5.74) is 1.37. The maximum atomic E-state index is 11.3. The topological polar surface area (TPSA) is 32.3 Å². The van der Waals surface area contributed by atoms with Crippen LogP contribution in [0.1, 0.15) is 5.56 Å². The van der Waals surface area contributed by atoms with Crippen LogP contribution in [0.25, 0.3) is 0 Å². The van der Waals surface area contributed by atoms with Gasteiger partial charge in [0.15, 0.2) is 0 Å². The molecular weight excluding hydrogens is 292 g/mol. The van der Waals surface area contributed by atoms with Crippen molar-refractivity contribution >= 4 is 21.8 Å². The van der Waals surface area contributed by atoms with Crippen LogP contribution < -0.4 is 5.32 Å². The Morgan fingerprint density at radius 3 is 2.56 bits per heavy atom. The van der Waals surface area contributed by atoms with E-state index in [1.807, 2.05) is 0 Å². The summed E-state index contributed by atoms with van der Waals surface area (Å²) in [7, 11) is 0. The van der Waals surface area contributed by atoms with Crippen molar-refractivity contribution in [2.45, 2.75) is 12.6 Å². The van der Waals surface area contributed by atoms with Crippen LogP contribution >= 0.6 is 15.9 Å². The Morgan fingerprint density at radius 2 is 1.94 bits per heavy atom. The van der Waals surface area contributed by atoms with Crippen molar-refractivity contribution in [1.82, 2.24) is 10.2 Å². The number of benzene rings is 1. The molecule has 2 fully saturated rings. The van der Waals surface area contributed by atoms with E-state index in [0.29, 0.717) is 23.2 Å². The van der Waals surface area contributed by atoms with Gasteiger partial charge in [-0.2, -0.15) is 0 Å². The molecule has 1 aliphatic heterocycles. The normalized spacial score (nSPS) is 29.9. The lowest BCUT2D eigenvalue weighted by Crippen LogP contribution is -2.34. The van der Waals surface area contributed by atoms with Crippen molar-refractivity contribution in [3.8, 4) is 0 Å². The molecule has 1 N–H and O–H groups in total. The Kier molecular flexibility index (Phi) is 3.39. The van der Waals surface area contributed by atoms with Crippen LogP contribution in [0.15, 0.2) is 30.3 Å². The molecule has 4 heteroatoms. The number of nitrogens with one attached hydrogen (secondary N) is 1. The average molecular weight is 309 g/mol. The van der Waals surface area contributed by atoms with Crippen molar-refractivity contribution in [2.75, 3.05) is 18.4 Å². The maximum absolute atomic E-state index is 11.3. The molecule has 3 rings (SSSR count). The van der Waals surface area contributed by atoms with Gasteiger partial charge in [0.2, 0.25) is 5.91 Å². The van der Waals surface area contributed by atoms with Gasteiger partial charge in [-0.05, 0) is 17.4 Å². The van der Waals surface area contributed by atoms with E-state index in [1.165, 1.54) is 5.56 Å². The molecule has 1 saturated heterocycles. The molecule has 18 heavy (non-hydrogen) atoms. The van der Waals surface area contributed by atoms with E-state index in [1.54, 1.807) is 0 Å². The molecule has 0 radical (unpaired) electrons. The number of fused-ring (bicyclic) bond motifs is 1. The highest BCUT2D eigenvalue weighted by Crippen LogP contribution is 2.45. The average Bonchev–Trinajstić information content (AvgIpc) is 2.85. The third kappa shape index (κ3) is 2.45. The molecule has 0 bridgehead atoms. The fraction of sp³-hybridized carbons (Fsp3) is 0.500. The third-order valence-electron chi connectivity index (χ3n) is 3.97. The van der Waals surface area contributed by atoms with Crippen molar-refractivity contribution in [2.24, 2.45) is 11.8 Å². The van der Waals surface area contributed by atoms with Gasteiger partial charge in [-0.25, -0.2) is 0 Å².